The molecule has 0 unspecified atom stereocenters. The minimum Gasteiger partial charge on any atom is -0.488 e. The van der Waals surface area contributed by atoms with Crippen molar-refractivity contribution >= 4 is 11.6 Å². The molecule has 3 heteroatoms. The number of aliphatic hydroxyl groups is 1. The number of para-hydroxylation sites is 1. The van der Waals surface area contributed by atoms with E-state index in [1.54, 1.807) is 18.2 Å². The van der Waals surface area contributed by atoms with Crippen molar-refractivity contribution in [2.24, 2.45) is 0 Å². The third-order valence-corrected chi connectivity index (χ3v) is 2.08. The lowest BCUT2D eigenvalue weighted by Gasteiger charge is -2.09. The van der Waals surface area contributed by atoms with Gasteiger partial charge in [0.25, 0.3) is 0 Å². The fourth-order valence-electron chi connectivity index (χ4n) is 1.07. The number of allylic oxidation sites excluding steroid dienone is 1. The summed E-state index contributed by atoms with van der Waals surface area (Å²) in [6.07, 6.45) is 3.78. The van der Waals surface area contributed by atoms with Gasteiger partial charge in [-0.05, 0) is 13.0 Å². The Morgan fingerprint density at radius 1 is 1.50 bits per heavy atom. The summed E-state index contributed by atoms with van der Waals surface area (Å²) >= 11 is 5.93. The summed E-state index contributed by atoms with van der Waals surface area (Å²) in [4.78, 5) is 0. The molecule has 0 atom stereocenters. The average molecular weight is 213 g/mol. The Balaban J connectivity index is 2.82. The highest BCUT2D eigenvalue weighted by atomic mass is 35.5. The van der Waals surface area contributed by atoms with Crippen LogP contribution in [0.4, 0.5) is 0 Å². The van der Waals surface area contributed by atoms with Crippen LogP contribution in [0.15, 0.2) is 30.4 Å². The first-order chi connectivity index (χ1) is 6.79. The van der Waals surface area contributed by atoms with Crippen molar-refractivity contribution in [3.05, 3.63) is 40.9 Å². The Morgan fingerprint density at radius 2 is 2.29 bits per heavy atom. The summed E-state index contributed by atoms with van der Waals surface area (Å²) in [5.41, 5.74) is 0.710. The molecule has 2 nitrogen and oxygen atoms in total. The van der Waals surface area contributed by atoms with Gasteiger partial charge in [0.2, 0.25) is 0 Å². The molecular weight excluding hydrogens is 200 g/mol. The zero-order valence-electron chi connectivity index (χ0n) is 8.03. The van der Waals surface area contributed by atoms with E-state index >= 15 is 0 Å². The van der Waals surface area contributed by atoms with Crippen LogP contribution in [0.2, 0.25) is 5.02 Å². The normalized spacial score (nSPS) is 10.8. The molecule has 0 aliphatic rings. The zero-order valence-corrected chi connectivity index (χ0v) is 8.79. The van der Waals surface area contributed by atoms with E-state index in [4.69, 9.17) is 21.4 Å². The van der Waals surface area contributed by atoms with Crippen LogP contribution in [0.5, 0.6) is 5.75 Å². The summed E-state index contributed by atoms with van der Waals surface area (Å²) in [5.74, 6) is 0.565. The van der Waals surface area contributed by atoms with Gasteiger partial charge in [0.1, 0.15) is 12.4 Å². The smallest absolute Gasteiger partial charge is 0.143 e. The second-order valence-electron chi connectivity index (χ2n) is 2.77. The van der Waals surface area contributed by atoms with Crippen molar-refractivity contribution in [1.82, 2.24) is 0 Å². The predicted octanol–water partition coefficient (Wildman–Crippen LogP) is 2.79. The molecule has 0 saturated carbocycles. The van der Waals surface area contributed by atoms with Gasteiger partial charge < -0.3 is 9.84 Å². The summed E-state index contributed by atoms with van der Waals surface area (Å²) in [6.45, 7) is 2.32. The SMILES string of the molecule is C/C=C/COc1c(Cl)cccc1CO. The van der Waals surface area contributed by atoms with Gasteiger partial charge in [-0.3, -0.25) is 0 Å². The Kier molecular flexibility index (Phi) is 4.50. The van der Waals surface area contributed by atoms with Crippen LogP contribution in [0.3, 0.4) is 0 Å². The summed E-state index contributed by atoms with van der Waals surface area (Å²) in [5, 5.41) is 9.57. The maximum Gasteiger partial charge on any atom is 0.143 e. The summed E-state index contributed by atoms with van der Waals surface area (Å²) in [6, 6.07) is 5.32. The standard InChI is InChI=1S/C11H13ClO2/c1-2-3-7-14-11-9(8-13)5-4-6-10(11)12/h2-6,13H,7-8H2,1H3/b3-2+. The summed E-state index contributed by atoms with van der Waals surface area (Å²) in [7, 11) is 0. The maximum absolute atomic E-state index is 9.04. The van der Waals surface area contributed by atoms with Crippen molar-refractivity contribution in [3.8, 4) is 5.75 Å². The van der Waals surface area contributed by atoms with Crippen molar-refractivity contribution < 1.29 is 9.84 Å². The Hall–Kier alpha value is -0.990. The van der Waals surface area contributed by atoms with E-state index in [0.717, 1.165) is 0 Å². The van der Waals surface area contributed by atoms with E-state index in [9.17, 15) is 0 Å². The maximum atomic E-state index is 9.04. The molecule has 76 valence electrons. The monoisotopic (exact) mass is 212 g/mol. The second kappa shape index (κ2) is 5.68. The minimum atomic E-state index is -0.0638. The molecule has 1 N–H and O–H groups in total. The van der Waals surface area contributed by atoms with Crippen molar-refractivity contribution in [2.45, 2.75) is 13.5 Å². The van der Waals surface area contributed by atoms with Gasteiger partial charge in [-0.2, -0.15) is 0 Å². The molecule has 0 aromatic heterocycles. The molecule has 0 aliphatic heterocycles. The highest BCUT2D eigenvalue weighted by molar-refractivity contribution is 6.32. The number of hydrogen-bond donors (Lipinski definition) is 1. The molecular formula is C11H13ClO2. The van der Waals surface area contributed by atoms with Gasteiger partial charge in [0.15, 0.2) is 0 Å². The molecule has 1 aromatic rings. The zero-order chi connectivity index (χ0) is 10.4. The highest BCUT2D eigenvalue weighted by Gasteiger charge is 2.06. The molecule has 0 saturated heterocycles. The fraction of sp³-hybridized carbons (Fsp3) is 0.273. The number of benzene rings is 1. The summed E-state index contributed by atoms with van der Waals surface area (Å²) < 4.78 is 5.42. The molecule has 0 radical (unpaired) electrons. The predicted molar refractivity (Wildman–Crippen MR) is 57.7 cm³/mol. The Labute approximate surface area is 88.8 Å². The molecule has 1 rings (SSSR count). The van der Waals surface area contributed by atoms with Gasteiger partial charge >= 0.3 is 0 Å². The molecule has 0 spiro atoms. The van der Waals surface area contributed by atoms with E-state index in [1.165, 1.54) is 0 Å². The molecule has 0 amide bonds. The van der Waals surface area contributed by atoms with Gasteiger partial charge in [0.05, 0.1) is 11.6 Å². The number of rotatable bonds is 4. The minimum absolute atomic E-state index is 0.0638. The third-order valence-electron chi connectivity index (χ3n) is 1.78. The highest BCUT2D eigenvalue weighted by Crippen LogP contribution is 2.28. The van der Waals surface area contributed by atoms with Crippen LogP contribution in [0.1, 0.15) is 12.5 Å². The van der Waals surface area contributed by atoms with E-state index in [1.807, 2.05) is 19.1 Å². The fourth-order valence-corrected chi connectivity index (χ4v) is 1.32. The number of ether oxygens (including phenoxy) is 1. The second-order valence-corrected chi connectivity index (χ2v) is 3.17. The molecule has 0 bridgehead atoms. The van der Waals surface area contributed by atoms with Crippen LogP contribution in [-0.2, 0) is 6.61 Å². The molecule has 0 fully saturated rings. The number of halogens is 1. The average Bonchev–Trinajstić information content (AvgIpc) is 2.20. The Bertz CT molecular complexity index is 321. The van der Waals surface area contributed by atoms with E-state index in [-0.39, 0.29) is 6.61 Å². The van der Waals surface area contributed by atoms with E-state index in [0.29, 0.717) is 22.9 Å². The van der Waals surface area contributed by atoms with E-state index in [2.05, 4.69) is 0 Å². The topological polar surface area (TPSA) is 29.5 Å². The lowest BCUT2D eigenvalue weighted by atomic mass is 10.2. The van der Waals surface area contributed by atoms with Crippen LogP contribution in [0, 0.1) is 0 Å². The van der Waals surface area contributed by atoms with Gasteiger partial charge in [-0.25, -0.2) is 0 Å². The first kappa shape index (κ1) is 11.1. The van der Waals surface area contributed by atoms with Crippen LogP contribution >= 0.6 is 11.6 Å². The third kappa shape index (κ3) is 2.76. The first-order valence-corrected chi connectivity index (χ1v) is 4.79. The van der Waals surface area contributed by atoms with Crippen LogP contribution < -0.4 is 4.74 Å². The van der Waals surface area contributed by atoms with Crippen molar-refractivity contribution in [1.29, 1.82) is 0 Å². The van der Waals surface area contributed by atoms with Gasteiger partial charge in [0, 0.05) is 5.56 Å². The first-order valence-electron chi connectivity index (χ1n) is 4.41. The quantitative estimate of drug-likeness (QED) is 0.778. The largest absolute Gasteiger partial charge is 0.488 e. The van der Waals surface area contributed by atoms with Crippen molar-refractivity contribution in [3.63, 3.8) is 0 Å². The van der Waals surface area contributed by atoms with E-state index < -0.39 is 0 Å². The van der Waals surface area contributed by atoms with Gasteiger partial charge in [-0.1, -0.05) is 35.9 Å². The lowest BCUT2D eigenvalue weighted by molar-refractivity contribution is 0.270. The van der Waals surface area contributed by atoms with Crippen molar-refractivity contribution in [2.75, 3.05) is 6.61 Å². The molecule has 0 heterocycles. The Morgan fingerprint density at radius 3 is 2.93 bits per heavy atom. The molecule has 1 aromatic carbocycles. The van der Waals surface area contributed by atoms with Gasteiger partial charge in [-0.15, -0.1) is 0 Å². The van der Waals surface area contributed by atoms with Crippen LogP contribution in [-0.4, -0.2) is 11.7 Å². The van der Waals surface area contributed by atoms with Crippen LogP contribution in [0.25, 0.3) is 0 Å². The number of hydrogen-bond acceptors (Lipinski definition) is 2. The number of aliphatic hydroxyl groups excluding tert-OH is 1. The lowest BCUT2D eigenvalue weighted by Crippen LogP contribution is -1.98. The molecule has 0 aliphatic carbocycles. The molecule has 14 heavy (non-hydrogen) atoms.